The Morgan fingerprint density at radius 2 is 2.17 bits per heavy atom. The average Bonchev–Trinajstić information content (AvgIpc) is 2.37. The van der Waals surface area contributed by atoms with E-state index >= 15 is 0 Å². The number of amides is 1. The van der Waals surface area contributed by atoms with Crippen molar-refractivity contribution in [2.75, 3.05) is 0 Å². The lowest BCUT2D eigenvalue weighted by atomic mass is 10.2. The minimum Gasteiger partial charge on any atom is -0.346 e. The van der Waals surface area contributed by atoms with Crippen LogP contribution in [0.2, 0.25) is 0 Å². The fraction of sp³-hybridized carbons (Fsp3) is 0.167. The molecule has 0 aliphatic rings. The Labute approximate surface area is 103 Å². The van der Waals surface area contributed by atoms with Crippen molar-refractivity contribution in [2.45, 2.75) is 13.5 Å². The molecule has 0 saturated heterocycles. The van der Waals surface area contributed by atoms with Crippen LogP contribution in [0.1, 0.15) is 21.9 Å². The molecule has 2 heterocycles. The van der Waals surface area contributed by atoms with Gasteiger partial charge in [0.25, 0.3) is 5.91 Å². The number of aryl methyl sites for hydroxylation is 1. The van der Waals surface area contributed by atoms with Gasteiger partial charge in [0.05, 0.1) is 17.8 Å². The van der Waals surface area contributed by atoms with Crippen molar-refractivity contribution in [1.82, 2.24) is 20.3 Å². The van der Waals surface area contributed by atoms with Crippen LogP contribution in [-0.2, 0) is 6.54 Å². The van der Waals surface area contributed by atoms with E-state index in [1.807, 2.05) is 0 Å². The molecular formula is C12H11FN4O. The van der Waals surface area contributed by atoms with Gasteiger partial charge in [0.15, 0.2) is 0 Å². The molecule has 2 rings (SSSR count). The highest BCUT2D eigenvalue weighted by Crippen LogP contribution is 2.00. The van der Waals surface area contributed by atoms with E-state index in [0.717, 1.165) is 6.07 Å². The number of carbonyl (C=O) groups is 1. The van der Waals surface area contributed by atoms with Crippen LogP contribution in [0.5, 0.6) is 0 Å². The van der Waals surface area contributed by atoms with E-state index in [-0.39, 0.29) is 5.91 Å². The van der Waals surface area contributed by atoms with Crippen LogP contribution < -0.4 is 5.32 Å². The third-order valence-corrected chi connectivity index (χ3v) is 2.25. The number of hydrogen-bond acceptors (Lipinski definition) is 4. The molecule has 1 N–H and O–H groups in total. The van der Waals surface area contributed by atoms with Gasteiger partial charge in [0, 0.05) is 12.4 Å². The second kappa shape index (κ2) is 5.31. The molecule has 2 aromatic rings. The Morgan fingerprint density at radius 3 is 2.83 bits per heavy atom. The van der Waals surface area contributed by atoms with E-state index in [0.29, 0.717) is 23.6 Å². The van der Waals surface area contributed by atoms with Crippen molar-refractivity contribution in [3.63, 3.8) is 0 Å². The number of carbonyl (C=O) groups excluding carboxylic acids is 1. The summed E-state index contributed by atoms with van der Waals surface area (Å²) in [6, 6.07) is 4.24. The minimum atomic E-state index is -0.613. The molecule has 0 aliphatic heterocycles. The Hall–Kier alpha value is -2.37. The van der Waals surface area contributed by atoms with E-state index < -0.39 is 5.95 Å². The first kappa shape index (κ1) is 12.1. The highest BCUT2D eigenvalue weighted by molar-refractivity contribution is 5.93. The quantitative estimate of drug-likeness (QED) is 0.827. The van der Waals surface area contributed by atoms with Gasteiger partial charge in [-0.2, -0.15) is 4.39 Å². The topological polar surface area (TPSA) is 67.8 Å². The maximum Gasteiger partial charge on any atom is 0.253 e. The Balaban J connectivity index is 1.98. The molecule has 92 valence electrons. The molecule has 0 bridgehead atoms. The fourth-order valence-electron chi connectivity index (χ4n) is 1.39. The monoisotopic (exact) mass is 246 g/mol. The summed E-state index contributed by atoms with van der Waals surface area (Å²) in [5.41, 5.74) is 1.02. The molecule has 1 amide bonds. The van der Waals surface area contributed by atoms with Crippen LogP contribution in [0, 0.1) is 12.9 Å². The number of pyridine rings is 1. The van der Waals surface area contributed by atoms with E-state index in [9.17, 15) is 9.18 Å². The zero-order valence-electron chi connectivity index (χ0n) is 9.72. The Kier molecular flexibility index (Phi) is 3.57. The number of nitrogens with zero attached hydrogens (tertiary/aromatic N) is 3. The predicted molar refractivity (Wildman–Crippen MR) is 62.1 cm³/mol. The summed E-state index contributed by atoms with van der Waals surface area (Å²) in [5.74, 6) is -0.290. The van der Waals surface area contributed by atoms with Gasteiger partial charge in [-0.1, -0.05) is 0 Å². The molecule has 5 nitrogen and oxygen atoms in total. The van der Waals surface area contributed by atoms with Crippen molar-refractivity contribution >= 4 is 5.91 Å². The maximum atomic E-state index is 12.6. The molecule has 6 heteroatoms. The van der Waals surface area contributed by atoms with Gasteiger partial charge in [-0.05, 0) is 25.1 Å². The van der Waals surface area contributed by atoms with E-state index in [4.69, 9.17) is 0 Å². The highest BCUT2D eigenvalue weighted by atomic mass is 19.1. The molecule has 0 radical (unpaired) electrons. The summed E-state index contributed by atoms with van der Waals surface area (Å²) in [4.78, 5) is 23.2. The van der Waals surface area contributed by atoms with E-state index in [1.54, 1.807) is 19.2 Å². The maximum absolute atomic E-state index is 12.6. The van der Waals surface area contributed by atoms with Crippen molar-refractivity contribution < 1.29 is 9.18 Å². The van der Waals surface area contributed by atoms with Crippen molar-refractivity contribution in [1.29, 1.82) is 0 Å². The first-order valence-corrected chi connectivity index (χ1v) is 5.33. The molecule has 0 spiro atoms. The van der Waals surface area contributed by atoms with Gasteiger partial charge in [-0.3, -0.25) is 4.79 Å². The first-order valence-electron chi connectivity index (χ1n) is 5.33. The van der Waals surface area contributed by atoms with Gasteiger partial charge in [-0.15, -0.1) is 0 Å². The second-order valence-corrected chi connectivity index (χ2v) is 3.65. The highest BCUT2D eigenvalue weighted by Gasteiger charge is 2.06. The van der Waals surface area contributed by atoms with Crippen LogP contribution in [-0.4, -0.2) is 20.9 Å². The molecule has 0 unspecified atom stereocenters. The normalized spacial score (nSPS) is 10.1. The Morgan fingerprint density at radius 1 is 1.33 bits per heavy atom. The zero-order valence-corrected chi connectivity index (χ0v) is 9.72. The van der Waals surface area contributed by atoms with Crippen LogP contribution in [0.25, 0.3) is 0 Å². The van der Waals surface area contributed by atoms with Crippen molar-refractivity contribution in [2.24, 2.45) is 0 Å². The number of nitrogens with one attached hydrogen (secondary N) is 1. The molecule has 0 fully saturated rings. The SMILES string of the molecule is Cc1nccc(CNC(=O)c2ccc(F)nc2)n1. The van der Waals surface area contributed by atoms with Crippen LogP contribution in [0.3, 0.4) is 0 Å². The summed E-state index contributed by atoms with van der Waals surface area (Å²) in [6.07, 6.45) is 2.82. The summed E-state index contributed by atoms with van der Waals surface area (Å²) < 4.78 is 12.6. The van der Waals surface area contributed by atoms with Gasteiger partial charge >= 0.3 is 0 Å². The van der Waals surface area contributed by atoms with E-state index in [2.05, 4.69) is 20.3 Å². The number of halogens is 1. The third kappa shape index (κ3) is 3.07. The average molecular weight is 246 g/mol. The number of rotatable bonds is 3. The van der Waals surface area contributed by atoms with Crippen molar-refractivity contribution in [3.8, 4) is 0 Å². The third-order valence-electron chi connectivity index (χ3n) is 2.25. The number of hydrogen-bond donors (Lipinski definition) is 1. The molecule has 0 aromatic carbocycles. The molecule has 18 heavy (non-hydrogen) atoms. The molecule has 0 atom stereocenters. The van der Waals surface area contributed by atoms with Crippen LogP contribution in [0.4, 0.5) is 4.39 Å². The van der Waals surface area contributed by atoms with Gasteiger partial charge in [0.2, 0.25) is 5.95 Å². The summed E-state index contributed by atoms with van der Waals surface area (Å²) in [7, 11) is 0. The predicted octanol–water partition coefficient (Wildman–Crippen LogP) is 1.25. The standard InChI is InChI=1S/C12H11FN4O/c1-8-14-5-4-10(17-8)7-16-12(18)9-2-3-11(13)15-6-9/h2-6H,7H2,1H3,(H,16,18). The molecule has 0 saturated carbocycles. The lowest BCUT2D eigenvalue weighted by Gasteiger charge is -2.04. The second-order valence-electron chi connectivity index (χ2n) is 3.65. The minimum absolute atomic E-state index is 0.291. The van der Waals surface area contributed by atoms with Crippen molar-refractivity contribution in [3.05, 3.63) is 53.6 Å². The van der Waals surface area contributed by atoms with E-state index in [1.165, 1.54) is 12.3 Å². The van der Waals surface area contributed by atoms with Crippen LogP contribution in [0.15, 0.2) is 30.6 Å². The van der Waals surface area contributed by atoms with Gasteiger partial charge in [-0.25, -0.2) is 15.0 Å². The lowest BCUT2D eigenvalue weighted by Crippen LogP contribution is -2.23. The summed E-state index contributed by atoms with van der Waals surface area (Å²) in [5, 5.41) is 2.67. The molecule has 0 aliphatic carbocycles. The smallest absolute Gasteiger partial charge is 0.253 e. The lowest BCUT2D eigenvalue weighted by molar-refractivity contribution is 0.0950. The zero-order chi connectivity index (χ0) is 13.0. The summed E-state index contributed by atoms with van der Waals surface area (Å²) >= 11 is 0. The van der Waals surface area contributed by atoms with Crippen LogP contribution >= 0.6 is 0 Å². The summed E-state index contributed by atoms with van der Waals surface area (Å²) in [6.45, 7) is 2.06. The number of aromatic nitrogens is 3. The first-order chi connectivity index (χ1) is 8.65. The fourth-order valence-corrected chi connectivity index (χ4v) is 1.39. The Bertz CT molecular complexity index is 556. The largest absolute Gasteiger partial charge is 0.346 e. The van der Waals surface area contributed by atoms with Gasteiger partial charge in [0.1, 0.15) is 5.82 Å². The van der Waals surface area contributed by atoms with Gasteiger partial charge < -0.3 is 5.32 Å². The molecular weight excluding hydrogens is 235 g/mol. The molecule has 2 aromatic heterocycles.